The molecule has 6 nitrogen and oxygen atoms in total. The first-order chi connectivity index (χ1) is 5.65. The Hall–Kier alpha value is -0.180. The Morgan fingerprint density at radius 3 is 1.85 bits per heavy atom. The highest BCUT2D eigenvalue weighted by molar-refractivity contribution is 7.90. The summed E-state index contributed by atoms with van der Waals surface area (Å²) in [4.78, 5) is 0. The molecule has 0 aromatic heterocycles. The van der Waals surface area contributed by atoms with Crippen LogP contribution in [0.15, 0.2) is 0 Å². The zero-order chi connectivity index (χ0) is 10.7. The molecule has 80 valence electrons. The van der Waals surface area contributed by atoms with Crippen molar-refractivity contribution >= 4 is 20.0 Å². The first-order valence-corrected chi connectivity index (χ1v) is 6.88. The maximum Gasteiger partial charge on any atom is 0.213 e. The number of sulfonamides is 2. The molecule has 0 bridgehead atoms. The van der Waals surface area contributed by atoms with E-state index in [1.165, 1.54) is 14.1 Å². The fourth-order valence-corrected chi connectivity index (χ4v) is 2.23. The second-order valence-electron chi connectivity index (χ2n) is 2.82. The smallest absolute Gasteiger partial charge is 0.213 e. The third-order valence-corrected chi connectivity index (χ3v) is 4.16. The topological polar surface area (TPSA) is 97.5 Å². The lowest BCUT2D eigenvalue weighted by molar-refractivity contribution is 0.519. The minimum atomic E-state index is -3.56. The van der Waals surface area contributed by atoms with Crippen LogP contribution in [0.4, 0.5) is 0 Å². The minimum Gasteiger partial charge on any atom is -0.229 e. The van der Waals surface area contributed by atoms with E-state index in [4.69, 9.17) is 5.14 Å². The second-order valence-corrected chi connectivity index (χ2v) is 6.86. The third kappa shape index (κ3) is 5.97. The Labute approximate surface area is 78.8 Å². The molecule has 13 heavy (non-hydrogen) atoms. The molecular weight excluding hydrogens is 216 g/mol. The number of primary sulfonamides is 1. The molecule has 0 aromatic rings. The van der Waals surface area contributed by atoms with Gasteiger partial charge in [0, 0.05) is 14.1 Å². The summed E-state index contributed by atoms with van der Waals surface area (Å²) in [5.74, 6) is -0.503. The SMILES string of the molecule is CN(C)S(=O)(=O)CCCS(N)(=O)=O. The number of rotatable bonds is 5. The van der Waals surface area contributed by atoms with Crippen molar-refractivity contribution in [1.29, 1.82) is 0 Å². The van der Waals surface area contributed by atoms with Crippen molar-refractivity contribution in [2.24, 2.45) is 5.14 Å². The molecule has 0 heterocycles. The van der Waals surface area contributed by atoms with Crippen molar-refractivity contribution in [1.82, 2.24) is 4.31 Å². The number of hydrogen-bond acceptors (Lipinski definition) is 4. The zero-order valence-electron chi connectivity index (χ0n) is 7.60. The molecule has 0 aliphatic heterocycles. The first kappa shape index (κ1) is 12.8. The van der Waals surface area contributed by atoms with Crippen LogP contribution in [0.1, 0.15) is 6.42 Å². The predicted octanol–water partition coefficient (Wildman–Crippen LogP) is -1.44. The lowest BCUT2D eigenvalue weighted by atomic mass is 10.6. The van der Waals surface area contributed by atoms with Crippen LogP contribution in [0.3, 0.4) is 0 Å². The molecule has 0 saturated carbocycles. The van der Waals surface area contributed by atoms with Crippen molar-refractivity contribution < 1.29 is 16.8 Å². The number of hydrogen-bond donors (Lipinski definition) is 1. The van der Waals surface area contributed by atoms with E-state index in [0.29, 0.717) is 0 Å². The van der Waals surface area contributed by atoms with Gasteiger partial charge in [0.1, 0.15) is 0 Å². The van der Waals surface area contributed by atoms with Crippen LogP contribution < -0.4 is 5.14 Å². The summed E-state index contributed by atoms with van der Waals surface area (Å²) < 4.78 is 44.2. The summed E-state index contributed by atoms with van der Waals surface area (Å²) in [6, 6.07) is 0. The number of nitrogens with two attached hydrogens (primary N) is 1. The fraction of sp³-hybridized carbons (Fsp3) is 1.00. The summed E-state index contributed by atoms with van der Waals surface area (Å²) in [5.41, 5.74) is 0. The summed E-state index contributed by atoms with van der Waals surface area (Å²) in [5, 5.41) is 4.70. The van der Waals surface area contributed by atoms with Crippen LogP contribution in [-0.4, -0.2) is 46.7 Å². The summed E-state index contributed by atoms with van der Waals surface area (Å²) >= 11 is 0. The first-order valence-electron chi connectivity index (χ1n) is 3.56. The van der Waals surface area contributed by atoms with Gasteiger partial charge >= 0.3 is 0 Å². The highest BCUT2D eigenvalue weighted by atomic mass is 32.2. The molecule has 8 heteroatoms. The average Bonchev–Trinajstić information content (AvgIpc) is 1.82. The Morgan fingerprint density at radius 1 is 1.08 bits per heavy atom. The van der Waals surface area contributed by atoms with Crippen LogP contribution in [-0.2, 0) is 20.0 Å². The highest BCUT2D eigenvalue weighted by Crippen LogP contribution is 1.97. The van der Waals surface area contributed by atoms with Gasteiger partial charge in [0.25, 0.3) is 0 Å². The Morgan fingerprint density at radius 2 is 1.54 bits per heavy atom. The standard InChI is InChI=1S/C5H14N2O4S2/c1-7(2)13(10,11)5-3-4-12(6,8)9/h3-5H2,1-2H3,(H2,6,8,9). The molecule has 0 saturated heterocycles. The van der Waals surface area contributed by atoms with Crippen molar-refractivity contribution in [3.05, 3.63) is 0 Å². The van der Waals surface area contributed by atoms with Crippen LogP contribution >= 0.6 is 0 Å². The molecule has 0 amide bonds. The molecule has 0 atom stereocenters. The van der Waals surface area contributed by atoms with E-state index in [1.807, 2.05) is 0 Å². The monoisotopic (exact) mass is 230 g/mol. The fourth-order valence-electron chi connectivity index (χ4n) is 0.625. The van der Waals surface area contributed by atoms with Gasteiger partial charge in [-0.25, -0.2) is 26.3 Å². The Bertz CT molecular complexity index is 343. The van der Waals surface area contributed by atoms with E-state index < -0.39 is 20.0 Å². The van der Waals surface area contributed by atoms with E-state index in [0.717, 1.165) is 4.31 Å². The molecule has 0 aromatic carbocycles. The average molecular weight is 230 g/mol. The normalized spacial score (nSPS) is 13.5. The lowest BCUT2D eigenvalue weighted by Gasteiger charge is -2.09. The maximum atomic E-state index is 11.1. The van der Waals surface area contributed by atoms with Crippen molar-refractivity contribution in [2.45, 2.75) is 6.42 Å². The molecule has 0 fully saturated rings. The Balaban J connectivity index is 4.07. The minimum absolute atomic E-state index is 0.0271. The van der Waals surface area contributed by atoms with Gasteiger partial charge in [-0.2, -0.15) is 0 Å². The molecule has 0 aliphatic rings. The van der Waals surface area contributed by atoms with Gasteiger partial charge < -0.3 is 0 Å². The van der Waals surface area contributed by atoms with E-state index in [1.54, 1.807) is 0 Å². The van der Waals surface area contributed by atoms with Gasteiger partial charge in [-0.3, -0.25) is 0 Å². The van der Waals surface area contributed by atoms with Crippen LogP contribution in [0.5, 0.6) is 0 Å². The van der Waals surface area contributed by atoms with E-state index in [2.05, 4.69) is 0 Å². The van der Waals surface area contributed by atoms with Crippen LogP contribution in [0.25, 0.3) is 0 Å². The molecule has 0 rings (SSSR count). The zero-order valence-corrected chi connectivity index (χ0v) is 9.23. The molecule has 0 unspecified atom stereocenters. The lowest BCUT2D eigenvalue weighted by Crippen LogP contribution is -2.27. The summed E-state index contributed by atoms with van der Waals surface area (Å²) in [6.07, 6.45) is 0.0271. The molecule has 0 radical (unpaired) electrons. The van der Waals surface area contributed by atoms with Gasteiger partial charge in [-0.1, -0.05) is 0 Å². The highest BCUT2D eigenvalue weighted by Gasteiger charge is 2.14. The van der Waals surface area contributed by atoms with Crippen molar-refractivity contribution in [3.8, 4) is 0 Å². The predicted molar refractivity (Wildman–Crippen MR) is 50.1 cm³/mol. The third-order valence-electron chi connectivity index (χ3n) is 1.39. The van der Waals surface area contributed by atoms with E-state index in [-0.39, 0.29) is 17.9 Å². The molecule has 0 aliphatic carbocycles. The van der Waals surface area contributed by atoms with Gasteiger partial charge in [0.15, 0.2) is 0 Å². The van der Waals surface area contributed by atoms with Crippen LogP contribution in [0, 0.1) is 0 Å². The molecule has 2 N–H and O–H groups in total. The van der Waals surface area contributed by atoms with Gasteiger partial charge in [0.2, 0.25) is 20.0 Å². The van der Waals surface area contributed by atoms with Gasteiger partial charge in [0.05, 0.1) is 11.5 Å². The van der Waals surface area contributed by atoms with Crippen molar-refractivity contribution in [2.75, 3.05) is 25.6 Å². The van der Waals surface area contributed by atoms with Gasteiger partial charge in [-0.15, -0.1) is 0 Å². The summed E-state index contributed by atoms with van der Waals surface area (Å²) in [7, 11) is -4.07. The second kappa shape index (κ2) is 4.36. The van der Waals surface area contributed by atoms with Crippen LogP contribution in [0.2, 0.25) is 0 Å². The van der Waals surface area contributed by atoms with Crippen molar-refractivity contribution in [3.63, 3.8) is 0 Å². The summed E-state index contributed by atoms with van der Waals surface area (Å²) in [6.45, 7) is 0. The molecule has 0 spiro atoms. The van der Waals surface area contributed by atoms with E-state index >= 15 is 0 Å². The quantitative estimate of drug-likeness (QED) is 0.625. The largest absolute Gasteiger partial charge is 0.229 e. The molecular formula is C5H14N2O4S2. The van der Waals surface area contributed by atoms with Gasteiger partial charge in [-0.05, 0) is 6.42 Å². The number of nitrogens with zero attached hydrogens (tertiary/aromatic N) is 1. The Kier molecular flexibility index (Phi) is 4.30. The maximum absolute atomic E-state index is 11.1. The van der Waals surface area contributed by atoms with E-state index in [9.17, 15) is 16.8 Å².